The van der Waals surface area contributed by atoms with Crippen molar-refractivity contribution < 1.29 is 27.5 Å². The Bertz CT molecular complexity index is 912. The van der Waals surface area contributed by atoms with Crippen LogP contribution in [0.4, 0.5) is 13.2 Å². The summed E-state index contributed by atoms with van der Waals surface area (Å²) >= 11 is 0. The van der Waals surface area contributed by atoms with Gasteiger partial charge in [0.15, 0.2) is 5.69 Å². The minimum atomic E-state index is -4.72. The molecule has 1 aliphatic carbocycles. The number of esters is 1. The Morgan fingerprint density at radius 2 is 2.04 bits per heavy atom. The first-order valence-electron chi connectivity index (χ1n) is 8.82. The van der Waals surface area contributed by atoms with Crippen LogP contribution in [0.5, 0.6) is 0 Å². The molecule has 1 atom stereocenters. The Kier molecular flexibility index (Phi) is 5.40. The maximum atomic E-state index is 13.3. The Morgan fingerprint density at radius 3 is 2.68 bits per heavy atom. The normalized spacial score (nSPS) is 15.8. The molecule has 148 valence electrons. The first-order chi connectivity index (χ1) is 13.3. The van der Waals surface area contributed by atoms with E-state index >= 15 is 0 Å². The van der Waals surface area contributed by atoms with Gasteiger partial charge in [-0.15, -0.1) is 0 Å². The van der Waals surface area contributed by atoms with Crippen molar-refractivity contribution in [3.63, 3.8) is 0 Å². The first-order valence-corrected chi connectivity index (χ1v) is 8.82. The molecule has 8 heteroatoms. The zero-order valence-electron chi connectivity index (χ0n) is 15.4. The number of alkyl halides is 3. The third-order valence-corrected chi connectivity index (χ3v) is 4.90. The Morgan fingerprint density at radius 1 is 1.29 bits per heavy atom. The van der Waals surface area contributed by atoms with Crippen LogP contribution in [0, 0.1) is 0 Å². The number of aromatic nitrogens is 1. The summed E-state index contributed by atoms with van der Waals surface area (Å²) in [6.45, 7) is 1.93. The third kappa shape index (κ3) is 3.58. The van der Waals surface area contributed by atoms with Crippen LogP contribution >= 0.6 is 0 Å². The highest BCUT2D eigenvalue weighted by molar-refractivity contribution is 5.96. The van der Waals surface area contributed by atoms with Crippen molar-refractivity contribution in [2.75, 3.05) is 13.7 Å². The van der Waals surface area contributed by atoms with Crippen molar-refractivity contribution in [1.29, 1.82) is 0 Å². The van der Waals surface area contributed by atoms with Crippen LogP contribution in [-0.2, 0) is 17.3 Å². The van der Waals surface area contributed by atoms with Gasteiger partial charge in [0, 0.05) is 12.7 Å². The molecule has 3 rings (SSSR count). The summed E-state index contributed by atoms with van der Waals surface area (Å²) in [6, 6.07) is 7.14. The summed E-state index contributed by atoms with van der Waals surface area (Å²) in [6.07, 6.45) is -2.47. The Labute approximate surface area is 160 Å². The molecule has 0 saturated heterocycles. The van der Waals surface area contributed by atoms with Gasteiger partial charge in [0.2, 0.25) is 0 Å². The van der Waals surface area contributed by atoms with Crippen LogP contribution in [0.15, 0.2) is 36.5 Å². The van der Waals surface area contributed by atoms with Crippen molar-refractivity contribution in [2.45, 2.75) is 32.0 Å². The molecule has 0 aliphatic heterocycles. The van der Waals surface area contributed by atoms with E-state index < -0.39 is 35.4 Å². The third-order valence-electron chi connectivity index (χ3n) is 4.90. The van der Waals surface area contributed by atoms with Crippen LogP contribution in [0.2, 0.25) is 0 Å². The second-order valence-corrected chi connectivity index (χ2v) is 6.45. The summed E-state index contributed by atoms with van der Waals surface area (Å²) in [5, 5.41) is 0. The highest BCUT2D eigenvalue weighted by Crippen LogP contribution is 2.38. The molecule has 5 nitrogen and oxygen atoms in total. The fraction of sp³-hybridized carbons (Fsp3) is 0.350. The van der Waals surface area contributed by atoms with Crippen LogP contribution in [0.25, 0.3) is 0 Å². The average molecular weight is 392 g/mol. The lowest BCUT2D eigenvalue weighted by Crippen LogP contribution is -2.35. The number of halogens is 3. The SMILES string of the molecule is CCN(C(=O)c1cccnc1C(F)(F)F)[C@@H]1CCc2ccc(C(=O)OC)cc21. The molecule has 1 aliphatic rings. The van der Waals surface area contributed by atoms with Gasteiger partial charge in [0.05, 0.1) is 24.3 Å². The van der Waals surface area contributed by atoms with Gasteiger partial charge in [0.1, 0.15) is 0 Å². The van der Waals surface area contributed by atoms with E-state index in [1.807, 2.05) is 0 Å². The van der Waals surface area contributed by atoms with Gasteiger partial charge in [-0.3, -0.25) is 9.78 Å². The molecule has 1 aromatic heterocycles. The maximum absolute atomic E-state index is 13.3. The molecule has 0 saturated carbocycles. The molecular formula is C20H19F3N2O3. The summed E-state index contributed by atoms with van der Waals surface area (Å²) in [7, 11) is 1.27. The topological polar surface area (TPSA) is 59.5 Å². The molecule has 0 spiro atoms. The van der Waals surface area contributed by atoms with Crippen molar-refractivity contribution in [1.82, 2.24) is 9.88 Å². The zero-order valence-corrected chi connectivity index (χ0v) is 15.4. The standard InChI is InChI=1S/C20H19F3N2O3/c1-3-25(18(26)14-5-4-10-24-17(14)20(21,22)23)16-9-8-12-6-7-13(11-15(12)16)19(27)28-2/h4-7,10-11,16H,3,8-9H2,1-2H3/t16-/m1/s1. The first kappa shape index (κ1) is 19.9. The smallest absolute Gasteiger partial charge is 0.434 e. The van der Waals surface area contributed by atoms with E-state index in [0.29, 0.717) is 18.4 Å². The average Bonchev–Trinajstić information content (AvgIpc) is 3.10. The molecular weight excluding hydrogens is 373 g/mol. The van der Waals surface area contributed by atoms with Crippen molar-refractivity contribution >= 4 is 11.9 Å². The monoisotopic (exact) mass is 392 g/mol. The van der Waals surface area contributed by atoms with E-state index in [-0.39, 0.29) is 6.54 Å². The van der Waals surface area contributed by atoms with Gasteiger partial charge < -0.3 is 9.64 Å². The number of benzene rings is 1. The van der Waals surface area contributed by atoms with Crippen molar-refractivity contribution in [2.24, 2.45) is 0 Å². The van der Waals surface area contributed by atoms with Gasteiger partial charge in [-0.2, -0.15) is 13.2 Å². The number of carbonyl (C=O) groups excluding carboxylic acids is 2. The van der Waals surface area contributed by atoms with Gasteiger partial charge in [0.25, 0.3) is 5.91 Å². The number of methoxy groups -OCH3 is 1. The highest BCUT2D eigenvalue weighted by Gasteiger charge is 2.39. The zero-order chi connectivity index (χ0) is 20.5. The lowest BCUT2D eigenvalue weighted by atomic mass is 10.0. The van der Waals surface area contributed by atoms with Gasteiger partial charge >= 0.3 is 12.1 Å². The number of pyridine rings is 1. The molecule has 0 bridgehead atoms. The Balaban J connectivity index is 1.99. The second-order valence-electron chi connectivity index (χ2n) is 6.45. The van der Waals surface area contributed by atoms with E-state index in [0.717, 1.165) is 23.4 Å². The number of fused-ring (bicyclic) bond motifs is 1. The molecule has 0 radical (unpaired) electrons. The molecule has 1 aromatic carbocycles. The van der Waals surface area contributed by atoms with Crippen molar-refractivity contribution in [3.05, 3.63) is 64.5 Å². The number of ether oxygens (including phenoxy) is 1. The quantitative estimate of drug-likeness (QED) is 0.737. The van der Waals surface area contributed by atoms with Crippen LogP contribution in [-0.4, -0.2) is 35.4 Å². The summed E-state index contributed by atoms with van der Waals surface area (Å²) in [5.74, 6) is -1.24. The summed E-state index contributed by atoms with van der Waals surface area (Å²) in [5.41, 5.74) is 0.394. The highest BCUT2D eigenvalue weighted by atomic mass is 19.4. The van der Waals surface area contributed by atoms with E-state index in [4.69, 9.17) is 4.74 Å². The van der Waals surface area contributed by atoms with Crippen LogP contribution in [0.3, 0.4) is 0 Å². The summed E-state index contributed by atoms with van der Waals surface area (Å²) in [4.78, 5) is 29.6. The minimum Gasteiger partial charge on any atom is -0.465 e. The number of hydrogen-bond acceptors (Lipinski definition) is 4. The second kappa shape index (κ2) is 7.61. The minimum absolute atomic E-state index is 0.220. The number of nitrogens with zero attached hydrogens (tertiary/aromatic N) is 2. The Hall–Kier alpha value is -2.90. The molecule has 1 heterocycles. The number of amides is 1. The van der Waals surface area contributed by atoms with E-state index in [1.165, 1.54) is 18.1 Å². The van der Waals surface area contributed by atoms with Gasteiger partial charge in [-0.1, -0.05) is 6.07 Å². The number of carbonyl (C=O) groups is 2. The molecule has 2 aromatic rings. The molecule has 0 N–H and O–H groups in total. The lowest BCUT2D eigenvalue weighted by Gasteiger charge is -2.29. The number of aryl methyl sites for hydroxylation is 1. The van der Waals surface area contributed by atoms with Crippen LogP contribution in [0.1, 0.15) is 56.9 Å². The van der Waals surface area contributed by atoms with E-state index in [1.54, 1.807) is 25.1 Å². The van der Waals surface area contributed by atoms with E-state index in [9.17, 15) is 22.8 Å². The van der Waals surface area contributed by atoms with E-state index in [2.05, 4.69) is 4.98 Å². The summed E-state index contributed by atoms with van der Waals surface area (Å²) < 4.78 is 44.6. The van der Waals surface area contributed by atoms with Gasteiger partial charge in [-0.05, 0) is 55.2 Å². The lowest BCUT2D eigenvalue weighted by molar-refractivity contribution is -0.141. The molecule has 0 unspecified atom stereocenters. The predicted octanol–water partition coefficient (Wildman–Crippen LogP) is 4.04. The van der Waals surface area contributed by atoms with Gasteiger partial charge in [-0.25, -0.2) is 4.79 Å². The number of rotatable bonds is 4. The largest absolute Gasteiger partial charge is 0.465 e. The molecule has 0 fully saturated rings. The fourth-order valence-electron chi connectivity index (χ4n) is 3.61. The van der Waals surface area contributed by atoms with Crippen LogP contribution < -0.4 is 0 Å². The fourth-order valence-corrected chi connectivity index (χ4v) is 3.61. The van der Waals surface area contributed by atoms with Crippen molar-refractivity contribution in [3.8, 4) is 0 Å². The molecule has 28 heavy (non-hydrogen) atoms. The number of hydrogen-bond donors (Lipinski definition) is 0. The maximum Gasteiger partial charge on any atom is 0.434 e. The molecule has 1 amide bonds. The predicted molar refractivity (Wildman–Crippen MR) is 94.8 cm³/mol.